The highest BCUT2D eigenvalue weighted by Crippen LogP contribution is 2.33. The maximum Gasteiger partial charge on any atom is 0.573 e. The molecular formula is C31H45ClF3N7O4. The predicted molar refractivity (Wildman–Crippen MR) is 170 cm³/mol. The Labute approximate surface area is 273 Å². The number of carbonyl (C=O) groups excluding carboxylic acids is 1. The van der Waals surface area contributed by atoms with E-state index in [1.165, 1.54) is 12.1 Å². The summed E-state index contributed by atoms with van der Waals surface area (Å²) in [6.07, 6.45) is 0.920. The van der Waals surface area contributed by atoms with Crippen LogP contribution in [0, 0.1) is 0 Å². The number of unbranched alkanes of at least 4 members (excludes halogenated alkanes) is 2. The van der Waals surface area contributed by atoms with Gasteiger partial charge in [0.1, 0.15) is 11.5 Å². The lowest BCUT2D eigenvalue weighted by atomic mass is 9.97. The Kier molecular flexibility index (Phi) is 13.0. The van der Waals surface area contributed by atoms with Gasteiger partial charge in [0.2, 0.25) is 0 Å². The zero-order valence-corrected chi connectivity index (χ0v) is 27.2. The van der Waals surface area contributed by atoms with Crippen molar-refractivity contribution < 1.29 is 32.5 Å². The predicted octanol–water partition coefficient (Wildman–Crippen LogP) is 4.47. The van der Waals surface area contributed by atoms with Crippen LogP contribution in [0.1, 0.15) is 68.4 Å². The van der Waals surface area contributed by atoms with E-state index >= 15 is 0 Å². The number of piperazine rings is 1. The SMILES string of the molecule is CCCCCOc1cc(OC(F)(F)F)ccc1CN1CCC(N2CCN(c3nc(N)c(C(=O)NCCO)nc3Cl)C[C@@H]2CC)CC1. The molecule has 1 atom stereocenters. The lowest BCUT2D eigenvalue weighted by molar-refractivity contribution is -0.274. The van der Waals surface area contributed by atoms with E-state index in [1.807, 2.05) is 0 Å². The summed E-state index contributed by atoms with van der Waals surface area (Å²) in [5.41, 5.74) is 6.85. The molecule has 11 nitrogen and oxygen atoms in total. The van der Waals surface area contributed by atoms with E-state index in [9.17, 15) is 18.0 Å². The molecule has 0 aliphatic carbocycles. The molecule has 2 saturated heterocycles. The number of aliphatic hydroxyl groups excluding tert-OH is 1. The molecule has 0 unspecified atom stereocenters. The van der Waals surface area contributed by atoms with E-state index in [1.54, 1.807) is 6.07 Å². The monoisotopic (exact) mass is 671 g/mol. The molecular weight excluding hydrogens is 627 g/mol. The molecule has 1 aromatic heterocycles. The number of nitrogens with one attached hydrogen (secondary N) is 1. The Balaban J connectivity index is 1.35. The summed E-state index contributed by atoms with van der Waals surface area (Å²) in [4.78, 5) is 27.9. The van der Waals surface area contributed by atoms with Crippen molar-refractivity contribution >= 4 is 29.1 Å². The van der Waals surface area contributed by atoms with Gasteiger partial charge in [-0.25, -0.2) is 9.97 Å². The van der Waals surface area contributed by atoms with E-state index < -0.39 is 12.3 Å². The molecule has 0 radical (unpaired) electrons. The lowest BCUT2D eigenvalue weighted by Crippen LogP contribution is -2.58. The molecule has 15 heteroatoms. The fourth-order valence-corrected chi connectivity index (χ4v) is 6.37. The van der Waals surface area contributed by atoms with Crippen LogP contribution >= 0.6 is 11.6 Å². The highest BCUT2D eigenvalue weighted by Gasteiger charge is 2.35. The summed E-state index contributed by atoms with van der Waals surface area (Å²) in [5, 5.41) is 11.6. The number of piperidine rings is 1. The molecule has 256 valence electrons. The zero-order valence-electron chi connectivity index (χ0n) is 26.5. The number of hydrogen-bond donors (Lipinski definition) is 3. The van der Waals surface area contributed by atoms with Crippen LogP contribution in [0.4, 0.5) is 24.8 Å². The number of nitrogens with zero attached hydrogens (tertiary/aromatic N) is 5. The van der Waals surface area contributed by atoms with Crippen molar-refractivity contribution in [1.29, 1.82) is 0 Å². The van der Waals surface area contributed by atoms with E-state index in [0.717, 1.165) is 63.7 Å². The molecule has 2 aliphatic heterocycles. The number of aliphatic hydroxyl groups is 1. The number of anilines is 2. The minimum Gasteiger partial charge on any atom is -0.493 e. The van der Waals surface area contributed by atoms with Crippen LogP contribution in [-0.4, -0.2) is 102 Å². The Hall–Kier alpha value is -3.07. The molecule has 3 heterocycles. The van der Waals surface area contributed by atoms with Crippen LogP contribution in [0.3, 0.4) is 0 Å². The number of benzene rings is 1. The average Bonchev–Trinajstić information content (AvgIpc) is 3.03. The third-order valence-corrected chi connectivity index (χ3v) is 8.73. The normalized spacial score (nSPS) is 18.5. The van der Waals surface area contributed by atoms with Crippen LogP contribution in [0.25, 0.3) is 0 Å². The van der Waals surface area contributed by atoms with Gasteiger partial charge in [0.15, 0.2) is 22.5 Å². The first-order chi connectivity index (χ1) is 22.0. The van der Waals surface area contributed by atoms with Gasteiger partial charge in [0.05, 0.1) is 13.2 Å². The summed E-state index contributed by atoms with van der Waals surface area (Å²) in [5.74, 6) is 0.0428. The lowest BCUT2D eigenvalue weighted by Gasteiger charge is -2.47. The number of nitrogen functional groups attached to an aromatic ring is 1. The third-order valence-electron chi connectivity index (χ3n) is 8.47. The Morgan fingerprint density at radius 2 is 1.91 bits per heavy atom. The van der Waals surface area contributed by atoms with Crippen molar-refractivity contribution in [2.75, 3.05) is 63.1 Å². The van der Waals surface area contributed by atoms with E-state index in [2.05, 4.69) is 48.6 Å². The number of hydrogen-bond acceptors (Lipinski definition) is 10. The second-order valence-electron chi connectivity index (χ2n) is 11.7. The Morgan fingerprint density at radius 3 is 2.59 bits per heavy atom. The van der Waals surface area contributed by atoms with Gasteiger partial charge in [-0.3, -0.25) is 14.6 Å². The number of amides is 1. The molecule has 1 aromatic carbocycles. The molecule has 2 aromatic rings. The van der Waals surface area contributed by atoms with Gasteiger partial charge in [-0.05, 0) is 44.8 Å². The first-order valence-electron chi connectivity index (χ1n) is 16.0. The first kappa shape index (κ1) is 35.8. The summed E-state index contributed by atoms with van der Waals surface area (Å²) >= 11 is 6.48. The molecule has 46 heavy (non-hydrogen) atoms. The second-order valence-corrected chi connectivity index (χ2v) is 12.0. The molecule has 1 amide bonds. The number of carbonyl (C=O) groups is 1. The van der Waals surface area contributed by atoms with Gasteiger partial charge in [0, 0.05) is 56.4 Å². The van der Waals surface area contributed by atoms with Gasteiger partial charge < -0.3 is 30.5 Å². The Bertz CT molecular complexity index is 1300. The highest BCUT2D eigenvalue weighted by molar-refractivity contribution is 6.32. The molecule has 0 bridgehead atoms. The average molecular weight is 672 g/mol. The number of aromatic nitrogens is 2. The smallest absolute Gasteiger partial charge is 0.493 e. The van der Waals surface area contributed by atoms with Crippen molar-refractivity contribution in [3.63, 3.8) is 0 Å². The summed E-state index contributed by atoms with van der Waals surface area (Å²) in [6.45, 7) is 8.99. The minimum atomic E-state index is -4.76. The highest BCUT2D eigenvalue weighted by atomic mass is 35.5. The van der Waals surface area contributed by atoms with Crippen molar-refractivity contribution in [3.05, 3.63) is 34.6 Å². The van der Waals surface area contributed by atoms with Crippen LogP contribution < -0.4 is 25.4 Å². The number of likely N-dealkylation sites (tertiary alicyclic amines) is 1. The number of halogens is 4. The standard InChI is InChI=1S/C31H45ClF3N7O4/c1-3-5-6-17-45-25-18-24(46-31(33,34)35)8-7-21(25)19-40-12-9-23(10-13-40)42-15-14-41(20-22(42)4-2)29-27(32)38-26(28(36)39-29)30(44)37-11-16-43/h7-8,18,22-23,43H,3-6,9-17,19-20H2,1-2H3,(H2,36,39)(H,37,44)/t22-/m0/s1. The molecule has 4 N–H and O–H groups in total. The molecule has 2 aliphatic rings. The van der Waals surface area contributed by atoms with Crippen LogP contribution in [0.5, 0.6) is 11.5 Å². The van der Waals surface area contributed by atoms with E-state index in [-0.39, 0.29) is 41.6 Å². The summed E-state index contributed by atoms with van der Waals surface area (Å²) in [7, 11) is 0. The van der Waals surface area contributed by atoms with Crippen LogP contribution in [0.15, 0.2) is 18.2 Å². The van der Waals surface area contributed by atoms with Gasteiger partial charge in [-0.2, -0.15) is 0 Å². The minimum absolute atomic E-state index is 0.0188. The molecule has 0 saturated carbocycles. The Morgan fingerprint density at radius 1 is 1.15 bits per heavy atom. The largest absolute Gasteiger partial charge is 0.573 e. The van der Waals surface area contributed by atoms with Crippen molar-refractivity contribution in [3.8, 4) is 11.5 Å². The fourth-order valence-electron chi connectivity index (χ4n) is 6.13. The topological polar surface area (TPSA) is 129 Å². The number of ether oxygens (including phenoxy) is 2. The quantitative estimate of drug-likeness (QED) is 0.248. The molecule has 4 rings (SSSR count). The molecule has 2 fully saturated rings. The number of rotatable bonds is 14. The maximum absolute atomic E-state index is 12.8. The second kappa shape index (κ2) is 16.7. The number of nitrogens with two attached hydrogens (primary N) is 1. The first-order valence-corrected chi connectivity index (χ1v) is 16.4. The zero-order chi connectivity index (χ0) is 33.3. The van der Waals surface area contributed by atoms with Gasteiger partial charge >= 0.3 is 6.36 Å². The van der Waals surface area contributed by atoms with E-state index in [0.29, 0.717) is 43.9 Å². The van der Waals surface area contributed by atoms with Crippen LogP contribution in [-0.2, 0) is 6.54 Å². The van der Waals surface area contributed by atoms with Gasteiger partial charge in [-0.15, -0.1) is 13.2 Å². The van der Waals surface area contributed by atoms with Crippen molar-refractivity contribution in [2.45, 2.75) is 77.4 Å². The molecule has 0 spiro atoms. The summed E-state index contributed by atoms with van der Waals surface area (Å²) in [6, 6.07) is 5.00. The van der Waals surface area contributed by atoms with Crippen molar-refractivity contribution in [2.24, 2.45) is 0 Å². The van der Waals surface area contributed by atoms with Crippen molar-refractivity contribution in [1.82, 2.24) is 25.1 Å². The number of alkyl halides is 3. The van der Waals surface area contributed by atoms with E-state index in [4.69, 9.17) is 27.2 Å². The maximum atomic E-state index is 12.8. The fraction of sp³-hybridized carbons (Fsp3) is 0.645. The summed E-state index contributed by atoms with van der Waals surface area (Å²) < 4.78 is 48.6. The van der Waals surface area contributed by atoms with Crippen LogP contribution in [0.2, 0.25) is 5.15 Å². The third kappa shape index (κ3) is 9.72. The van der Waals surface area contributed by atoms with Gasteiger partial charge in [0.25, 0.3) is 5.91 Å². The van der Waals surface area contributed by atoms with Gasteiger partial charge in [-0.1, -0.05) is 44.4 Å².